The van der Waals surface area contributed by atoms with Crippen molar-refractivity contribution in [3.63, 3.8) is 0 Å². The number of hydrogen-bond donors (Lipinski definition) is 1. The Morgan fingerprint density at radius 2 is 1.81 bits per heavy atom. The summed E-state index contributed by atoms with van der Waals surface area (Å²) in [5.41, 5.74) is 0.934. The van der Waals surface area contributed by atoms with Crippen molar-refractivity contribution in [2.75, 3.05) is 26.6 Å². The number of rotatable bonds is 6. The maximum absolute atomic E-state index is 12.8. The standard InChI is InChI=1S/C20H26N2O5/c1-22(16-10-5-4-6-11-16)19(24)14-8-7-9-15(12-14)21-17(20(25)27-3)13-18(23)26-2/h7-9,12-13,16,21H,4-6,10-11H2,1-3H3/b17-13+. The van der Waals surface area contributed by atoms with E-state index in [1.807, 2.05) is 7.05 Å². The normalized spacial score (nSPS) is 15.0. The molecule has 7 heteroatoms. The van der Waals surface area contributed by atoms with Crippen molar-refractivity contribution in [2.24, 2.45) is 0 Å². The van der Waals surface area contributed by atoms with Crippen LogP contribution in [0.2, 0.25) is 0 Å². The number of methoxy groups -OCH3 is 2. The van der Waals surface area contributed by atoms with Gasteiger partial charge in [-0.05, 0) is 31.0 Å². The Hall–Kier alpha value is -2.83. The predicted octanol–water partition coefficient (Wildman–Crippen LogP) is 2.73. The van der Waals surface area contributed by atoms with Crippen LogP contribution in [-0.2, 0) is 19.1 Å². The van der Waals surface area contributed by atoms with Gasteiger partial charge in [0.15, 0.2) is 0 Å². The van der Waals surface area contributed by atoms with Crippen LogP contribution in [0.15, 0.2) is 36.0 Å². The molecule has 1 amide bonds. The maximum Gasteiger partial charge on any atom is 0.354 e. The van der Waals surface area contributed by atoms with E-state index in [0.29, 0.717) is 11.3 Å². The fourth-order valence-electron chi connectivity index (χ4n) is 3.16. The topological polar surface area (TPSA) is 84.9 Å². The number of carbonyl (C=O) groups is 3. The summed E-state index contributed by atoms with van der Waals surface area (Å²) in [7, 11) is 4.26. The van der Waals surface area contributed by atoms with Gasteiger partial charge in [0.2, 0.25) is 0 Å². The van der Waals surface area contributed by atoms with Crippen LogP contribution in [0.25, 0.3) is 0 Å². The highest BCUT2D eigenvalue weighted by Crippen LogP contribution is 2.23. The minimum Gasteiger partial charge on any atom is -0.466 e. The monoisotopic (exact) mass is 374 g/mol. The Kier molecular flexibility index (Phi) is 7.40. The van der Waals surface area contributed by atoms with E-state index in [1.165, 1.54) is 20.6 Å². The number of anilines is 1. The molecule has 1 aromatic rings. The van der Waals surface area contributed by atoms with Gasteiger partial charge in [0.25, 0.3) is 5.91 Å². The summed E-state index contributed by atoms with van der Waals surface area (Å²) in [5, 5.41) is 2.82. The largest absolute Gasteiger partial charge is 0.466 e. The smallest absolute Gasteiger partial charge is 0.354 e. The first kappa shape index (κ1) is 20.5. The summed E-state index contributed by atoms with van der Waals surface area (Å²) in [6, 6.07) is 7.06. The van der Waals surface area contributed by atoms with Crippen molar-refractivity contribution in [3.05, 3.63) is 41.6 Å². The summed E-state index contributed by atoms with van der Waals surface area (Å²) < 4.78 is 9.22. The molecule has 1 aromatic carbocycles. The molecule has 0 atom stereocenters. The van der Waals surface area contributed by atoms with Gasteiger partial charge < -0.3 is 19.7 Å². The van der Waals surface area contributed by atoms with Crippen LogP contribution in [0.1, 0.15) is 42.5 Å². The molecule has 0 aromatic heterocycles. The first-order valence-electron chi connectivity index (χ1n) is 8.98. The molecule has 1 N–H and O–H groups in total. The lowest BCUT2D eigenvalue weighted by molar-refractivity contribution is -0.138. The number of benzene rings is 1. The van der Waals surface area contributed by atoms with Gasteiger partial charge in [0.1, 0.15) is 5.70 Å². The van der Waals surface area contributed by atoms with Crippen molar-refractivity contribution >= 4 is 23.5 Å². The summed E-state index contributed by atoms with van der Waals surface area (Å²) in [6.07, 6.45) is 6.56. The van der Waals surface area contributed by atoms with Crippen LogP contribution in [0.5, 0.6) is 0 Å². The Balaban J connectivity index is 2.17. The maximum atomic E-state index is 12.8. The van der Waals surface area contributed by atoms with Gasteiger partial charge >= 0.3 is 11.9 Å². The molecule has 1 saturated carbocycles. The molecule has 0 unspecified atom stereocenters. The molecule has 1 aliphatic rings. The third-order valence-corrected chi connectivity index (χ3v) is 4.70. The molecule has 1 fully saturated rings. The molecule has 1 aliphatic carbocycles. The minimum absolute atomic E-state index is 0.0675. The van der Waals surface area contributed by atoms with Gasteiger partial charge in [0, 0.05) is 24.3 Å². The van der Waals surface area contributed by atoms with E-state index in [2.05, 4.69) is 14.8 Å². The van der Waals surface area contributed by atoms with Gasteiger partial charge in [-0.3, -0.25) is 4.79 Å². The third kappa shape index (κ3) is 5.57. The van der Waals surface area contributed by atoms with E-state index in [9.17, 15) is 14.4 Å². The SMILES string of the molecule is COC(=O)/C=C(/Nc1cccc(C(=O)N(C)C2CCCCC2)c1)C(=O)OC. The second-order valence-electron chi connectivity index (χ2n) is 6.49. The molecule has 7 nitrogen and oxygen atoms in total. The lowest BCUT2D eigenvalue weighted by Gasteiger charge is -2.31. The zero-order valence-electron chi connectivity index (χ0n) is 16.0. The second kappa shape index (κ2) is 9.75. The lowest BCUT2D eigenvalue weighted by Crippen LogP contribution is -2.38. The quantitative estimate of drug-likeness (QED) is 0.609. The molecule has 27 heavy (non-hydrogen) atoms. The Bertz CT molecular complexity index is 723. The highest BCUT2D eigenvalue weighted by molar-refractivity contribution is 5.99. The number of nitrogens with one attached hydrogen (secondary N) is 1. The molecule has 0 spiro atoms. The van der Waals surface area contributed by atoms with Crippen molar-refractivity contribution in [1.29, 1.82) is 0 Å². The zero-order chi connectivity index (χ0) is 19.8. The van der Waals surface area contributed by atoms with Gasteiger partial charge in [-0.2, -0.15) is 0 Å². The zero-order valence-corrected chi connectivity index (χ0v) is 16.0. The van der Waals surface area contributed by atoms with Crippen LogP contribution in [0, 0.1) is 0 Å². The van der Waals surface area contributed by atoms with Crippen LogP contribution in [0.4, 0.5) is 5.69 Å². The first-order valence-corrected chi connectivity index (χ1v) is 8.98. The molecule has 0 aliphatic heterocycles. The summed E-state index contributed by atoms with van der Waals surface area (Å²) in [4.78, 5) is 37.9. The summed E-state index contributed by atoms with van der Waals surface area (Å²) >= 11 is 0. The average molecular weight is 374 g/mol. The number of carbonyl (C=O) groups excluding carboxylic acids is 3. The van der Waals surface area contributed by atoms with E-state index < -0.39 is 11.9 Å². The number of ether oxygens (including phenoxy) is 2. The van der Waals surface area contributed by atoms with Gasteiger partial charge in [0.05, 0.1) is 20.3 Å². The van der Waals surface area contributed by atoms with Gasteiger partial charge in [-0.1, -0.05) is 25.3 Å². The van der Waals surface area contributed by atoms with E-state index in [1.54, 1.807) is 29.2 Å². The average Bonchev–Trinajstić information content (AvgIpc) is 2.72. The van der Waals surface area contributed by atoms with Crippen LogP contribution >= 0.6 is 0 Å². The van der Waals surface area contributed by atoms with Crippen LogP contribution in [-0.4, -0.2) is 50.1 Å². The highest BCUT2D eigenvalue weighted by Gasteiger charge is 2.23. The summed E-state index contributed by atoms with van der Waals surface area (Å²) in [5.74, 6) is -1.47. The van der Waals surface area contributed by atoms with E-state index in [4.69, 9.17) is 0 Å². The number of hydrogen-bond acceptors (Lipinski definition) is 6. The molecule has 0 heterocycles. The number of amides is 1. The van der Waals surface area contributed by atoms with E-state index >= 15 is 0 Å². The van der Waals surface area contributed by atoms with Crippen LogP contribution in [0.3, 0.4) is 0 Å². The fraction of sp³-hybridized carbons (Fsp3) is 0.450. The first-order chi connectivity index (χ1) is 13.0. The molecule has 146 valence electrons. The third-order valence-electron chi connectivity index (χ3n) is 4.70. The Labute approximate surface area is 159 Å². The highest BCUT2D eigenvalue weighted by atomic mass is 16.5. The van der Waals surface area contributed by atoms with E-state index in [-0.39, 0.29) is 17.6 Å². The molecule has 0 radical (unpaired) electrons. The molecular weight excluding hydrogens is 348 g/mol. The lowest BCUT2D eigenvalue weighted by atomic mass is 9.94. The molecule has 0 saturated heterocycles. The molecule has 0 bridgehead atoms. The van der Waals surface area contributed by atoms with Gasteiger partial charge in [-0.25, -0.2) is 9.59 Å². The summed E-state index contributed by atoms with van der Waals surface area (Å²) in [6.45, 7) is 0. The molecular formula is C20H26N2O5. The van der Waals surface area contributed by atoms with Crippen molar-refractivity contribution in [2.45, 2.75) is 38.1 Å². The van der Waals surface area contributed by atoms with Crippen molar-refractivity contribution < 1.29 is 23.9 Å². The fourth-order valence-corrected chi connectivity index (χ4v) is 3.16. The van der Waals surface area contributed by atoms with E-state index in [0.717, 1.165) is 31.8 Å². The predicted molar refractivity (Wildman–Crippen MR) is 101 cm³/mol. The number of esters is 2. The second-order valence-corrected chi connectivity index (χ2v) is 6.49. The Morgan fingerprint density at radius 1 is 1.11 bits per heavy atom. The van der Waals surface area contributed by atoms with Crippen molar-refractivity contribution in [1.82, 2.24) is 4.90 Å². The molecule has 2 rings (SSSR count). The number of nitrogens with zero attached hydrogens (tertiary/aromatic N) is 1. The minimum atomic E-state index is -0.712. The van der Waals surface area contributed by atoms with Crippen LogP contribution < -0.4 is 5.32 Å². The Morgan fingerprint density at radius 3 is 2.44 bits per heavy atom. The van der Waals surface area contributed by atoms with Gasteiger partial charge in [-0.15, -0.1) is 0 Å². The van der Waals surface area contributed by atoms with Crippen molar-refractivity contribution in [3.8, 4) is 0 Å².